The van der Waals surface area contributed by atoms with Gasteiger partial charge in [0.2, 0.25) is 0 Å². The molecule has 0 aliphatic heterocycles. The lowest BCUT2D eigenvalue weighted by Gasteiger charge is -2.10. The molecule has 0 unspecified atom stereocenters. The smallest absolute Gasteiger partial charge is 0.319 e. The Morgan fingerprint density at radius 2 is 1.67 bits per heavy atom. The maximum atomic E-state index is 12.0. The van der Waals surface area contributed by atoms with Crippen molar-refractivity contribution in [2.75, 3.05) is 11.9 Å². The Bertz CT molecular complexity index is 792. The fourth-order valence-electron chi connectivity index (χ4n) is 2.60. The Labute approximate surface area is 142 Å². The Morgan fingerprint density at radius 3 is 2.38 bits per heavy atom. The van der Waals surface area contributed by atoms with Crippen LogP contribution in [0.5, 0.6) is 0 Å². The normalized spacial score (nSPS) is 10.4. The number of carbonyl (C=O) groups is 1. The van der Waals surface area contributed by atoms with E-state index in [-0.39, 0.29) is 6.03 Å². The fourth-order valence-corrected chi connectivity index (χ4v) is 2.60. The Kier molecular flexibility index (Phi) is 4.96. The zero-order valence-electron chi connectivity index (χ0n) is 13.7. The number of benzene rings is 2. The van der Waals surface area contributed by atoms with Gasteiger partial charge >= 0.3 is 6.03 Å². The lowest BCUT2D eigenvalue weighted by Crippen LogP contribution is -2.30. The van der Waals surface area contributed by atoms with E-state index in [1.54, 1.807) is 0 Å². The van der Waals surface area contributed by atoms with Crippen molar-refractivity contribution in [3.63, 3.8) is 0 Å². The highest BCUT2D eigenvalue weighted by atomic mass is 16.2. The van der Waals surface area contributed by atoms with Gasteiger partial charge in [0, 0.05) is 30.3 Å². The quantitative estimate of drug-likeness (QED) is 0.729. The Morgan fingerprint density at radius 1 is 0.958 bits per heavy atom. The van der Waals surface area contributed by atoms with Crippen LogP contribution >= 0.6 is 0 Å². The molecule has 1 aromatic heterocycles. The molecule has 0 fully saturated rings. The molecule has 4 heteroatoms. The molecule has 0 spiro atoms. The lowest BCUT2D eigenvalue weighted by molar-refractivity contribution is 0.252. The van der Waals surface area contributed by atoms with Gasteiger partial charge in [-0.15, -0.1) is 0 Å². The molecule has 0 aliphatic rings. The van der Waals surface area contributed by atoms with Crippen LogP contribution in [0.25, 0.3) is 5.69 Å². The maximum absolute atomic E-state index is 12.0. The van der Waals surface area contributed by atoms with E-state index >= 15 is 0 Å². The van der Waals surface area contributed by atoms with E-state index in [2.05, 4.69) is 29.7 Å². The molecule has 0 atom stereocenters. The molecule has 0 saturated heterocycles. The number of carbonyl (C=O) groups excluding carboxylic acids is 1. The fraction of sp³-hybridized carbons (Fsp3) is 0.150. The van der Waals surface area contributed by atoms with E-state index in [4.69, 9.17) is 0 Å². The van der Waals surface area contributed by atoms with Crippen molar-refractivity contribution in [1.82, 2.24) is 9.88 Å². The average molecular weight is 319 g/mol. The van der Waals surface area contributed by atoms with E-state index in [9.17, 15) is 4.79 Å². The lowest BCUT2D eigenvalue weighted by atomic mass is 10.1. The average Bonchev–Trinajstić information content (AvgIpc) is 3.12. The Balaban J connectivity index is 1.49. The van der Waals surface area contributed by atoms with Gasteiger partial charge in [-0.3, -0.25) is 0 Å². The van der Waals surface area contributed by atoms with Crippen molar-refractivity contribution < 1.29 is 4.79 Å². The predicted octanol–water partition coefficient (Wildman–Crippen LogP) is 4.15. The van der Waals surface area contributed by atoms with E-state index < -0.39 is 0 Å². The van der Waals surface area contributed by atoms with Crippen LogP contribution in [0.15, 0.2) is 73.1 Å². The summed E-state index contributed by atoms with van der Waals surface area (Å²) >= 11 is 0. The van der Waals surface area contributed by atoms with Crippen LogP contribution in [-0.2, 0) is 6.42 Å². The maximum Gasteiger partial charge on any atom is 0.319 e. The second kappa shape index (κ2) is 7.51. The molecule has 4 nitrogen and oxygen atoms in total. The third kappa shape index (κ3) is 4.04. The summed E-state index contributed by atoms with van der Waals surface area (Å²) in [6, 6.07) is 19.7. The number of rotatable bonds is 5. The molecule has 2 aromatic carbocycles. The molecule has 0 bridgehead atoms. The molecular formula is C20H21N3O. The third-order valence-electron chi connectivity index (χ3n) is 3.97. The second-order valence-electron chi connectivity index (χ2n) is 5.69. The van der Waals surface area contributed by atoms with E-state index in [0.717, 1.165) is 17.8 Å². The first-order chi connectivity index (χ1) is 11.7. The van der Waals surface area contributed by atoms with E-state index in [0.29, 0.717) is 6.54 Å². The number of nitrogens with one attached hydrogen (secondary N) is 2. The van der Waals surface area contributed by atoms with Crippen LogP contribution in [0, 0.1) is 6.92 Å². The van der Waals surface area contributed by atoms with Crippen molar-refractivity contribution in [2.45, 2.75) is 13.3 Å². The van der Waals surface area contributed by atoms with Crippen LogP contribution in [0.1, 0.15) is 11.1 Å². The van der Waals surface area contributed by atoms with Crippen molar-refractivity contribution >= 4 is 11.7 Å². The standard InChI is InChI=1S/C20H21N3O/c1-16-6-2-3-7-17(16)12-13-21-20(24)22-18-8-10-19(11-9-18)23-14-4-5-15-23/h2-11,14-15H,12-13H2,1H3,(H2,21,22,24). The predicted molar refractivity (Wildman–Crippen MR) is 97.7 cm³/mol. The topological polar surface area (TPSA) is 46.1 Å². The first-order valence-electron chi connectivity index (χ1n) is 8.05. The largest absolute Gasteiger partial charge is 0.338 e. The zero-order chi connectivity index (χ0) is 16.8. The molecule has 0 aliphatic carbocycles. The number of anilines is 1. The van der Waals surface area contributed by atoms with Gasteiger partial charge in [0.25, 0.3) is 0 Å². The van der Waals surface area contributed by atoms with Crippen LogP contribution in [0.2, 0.25) is 0 Å². The minimum Gasteiger partial charge on any atom is -0.338 e. The van der Waals surface area contributed by atoms with Crippen LogP contribution in [0.3, 0.4) is 0 Å². The zero-order valence-corrected chi connectivity index (χ0v) is 13.7. The van der Waals surface area contributed by atoms with Gasteiger partial charge in [0.1, 0.15) is 0 Å². The molecule has 2 N–H and O–H groups in total. The molecular weight excluding hydrogens is 298 g/mol. The third-order valence-corrected chi connectivity index (χ3v) is 3.97. The number of hydrogen-bond acceptors (Lipinski definition) is 1. The van der Waals surface area contributed by atoms with E-state index in [1.807, 2.05) is 65.5 Å². The van der Waals surface area contributed by atoms with Gasteiger partial charge in [-0.2, -0.15) is 0 Å². The number of aromatic nitrogens is 1. The highest BCUT2D eigenvalue weighted by Gasteiger charge is 2.03. The van der Waals surface area contributed by atoms with Gasteiger partial charge in [-0.25, -0.2) is 4.79 Å². The first-order valence-corrected chi connectivity index (χ1v) is 8.05. The van der Waals surface area contributed by atoms with Crippen LogP contribution in [0.4, 0.5) is 10.5 Å². The van der Waals surface area contributed by atoms with E-state index in [1.165, 1.54) is 11.1 Å². The van der Waals surface area contributed by atoms with Gasteiger partial charge in [0.15, 0.2) is 0 Å². The minimum absolute atomic E-state index is 0.183. The minimum atomic E-state index is -0.183. The van der Waals surface area contributed by atoms with Crippen molar-refractivity contribution in [3.8, 4) is 5.69 Å². The number of aryl methyl sites for hydroxylation is 1. The van der Waals surface area contributed by atoms with Crippen molar-refractivity contribution in [3.05, 3.63) is 84.2 Å². The van der Waals surface area contributed by atoms with Crippen LogP contribution in [-0.4, -0.2) is 17.1 Å². The molecule has 24 heavy (non-hydrogen) atoms. The molecule has 1 heterocycles. The van der Waals surface area contributed by atoms with Crippen molar-refractivity contribution in [2.24, 2.45) is 0 Å². The van der Waals surface area contributed by atoms with Gasteiger partial charge in [0.05, 0.1) is 0 Å². The van der Waals surface area contributed by atoms with Crippen LogP contribution < -0.4 is 10.6 Å². The highest BCUT2D eigenvalue weighted by Crippen LogP contribution is 2.13. The molecule has 0 saturated carbocycles. The molecule has 2 amide bonds. The summed E-state index contributed by atoms with van der Waals surface area (Å²) in [5.74, 6) is 0. The second-order valence-corrected chi connectivity index (χ2v) is 5.69. The summed E-state index contributed by atoms with van der Waals surface area (Å²) in [5.41, 5.74) is 4.35. The molecule has 3 rings (SSSR count). The SMILES string of the molecule is Cc1ccccc1CCNC(=O)Nc1ccc(-n2cccc2)cc1. The number of hydrogen-bond donors (Lipinski definition) is 2. The Hall–Kier alpha value is -3.01. The number of nitrogens with zero attached hydrogens (tertiary/aromatic N) is 1. The summed E-state index contributed by atoms with van der Waals surface area (Å²) in [5, 5.41) is 5.75. The number of urea groups is 1. The van der Waals surface area contributed by atoms with Gasteiger partial charge < -0.3 is 15.2 Å². The summed E-state index contributed by atoms with van der Waals surface area (Å²) in [4.78, 5) is 12.0. The van der Waals surface area contributed by atoms with Gasteiger partial charge in [-0.1, -0.05) is 24.3 Å². The summed E-state index contributed by atoms with van der Waals surface area (Å²) < 4.78 is 2.02. The van der Waals surface area contributed by atoms with Crippen molar-refractivity contribution in [1.29, 1.82) is 0 Å². The highest BCUT2D eigenvalue weighted by molar-refractivity contribution is 5.89. The summed E-state index contributed by atoms with van der Waals surface area (Å²) in [6.45, 7) is 2.69. The number of amides is 2. The molecule has 3 aromatic rings. The summed E-state index contributed by atoms with van der Waals surface area (Å²) in [6.07, 6.45) is 4.80. The first kappa shape index (κ1) is 15.9. The summed E-state index contributed by atoms with van der Waals surface area (Å²) in [7, 11) is 0. The molecule has 0 radical (unpaired) electrons. The monoisotopic (exact) mass is 319 g/mol. The molecule has 122 valence electrons. The van der Waals surface area contributed by atoms with Gasteiger partial charge in [-0.05, 0) is 60.9 Å².